The van der Waals surface area contributed by atoms with Crippen LogP contribution in [0.1, 0.15) is 0 Å². The maximum Gasteiger partial charge on any atom is 0.347 e. The minimum absolute atomic E-state index is 0.143. The molecule has 6 heteroatoms. The molecule has 0 fully saturated rings. The van der Waals surface area contributed by atoms with Crippen molar-refractivity contribution in [3.8, 4) is 5.75 Å². The van der Waals surface area contributed by atoms with Crippen molar-refractivity contribution in [1.29, 1.82) is 0 Å². The Labute approximate surface area is 98.9 Å². The lowest BCUT2D eigenvalue weighted by molar-refractivity contribution is -0.145. The normalized spacial score (nSPS) is 12.2. The number of aliphatic carboxylic acids is 1. The molecular formula is C9H7BrClFO3. The number of carboxylic acid groups (broad SMARTS) is 1. The molecule has 15 heavy (non-hydrogen) atoms. The minimum Gasteiger partial charge on any atom is -0.478 e. The molecule has 0 heterocycles. The van der Waals surface area contributed by atoms with E-state index >= 15 is 0 Å². The van der Waals surface area contributed by atoms with E-state index < -0.39 is 18.7 Å². The van der Waals surface area contributed by atoms with Crippen LogP contribution in [0, 0.1) is 0 Å². The van der Waals surface area contributed by atoms with Gasteiger partial charge in [0.25, 0.3) is 0 Å². The number of carboxylic acids is 1. The van der Waals surface area contributed by atoms with Crippen LogP contribution < -0.4 is 4.74 Å². The summed E-state index contributed by atoms with van der Waals surface area (Å²) in [5.41, 5.74) is 0. The van der Waals surface area contributed by atoms with E-state index in [0.29, 0.717) is 0 Å². The molecule has 0 saturated carbocycles. The Morgan fingerprint density at radius 1 is 1.67 bits per heavy atom. The Kier molecular flexibility index (Phi) is 4.35. The van der Waals surface area contributed by atoms with E-state index in [1.807, 2.05) is 0 Å². The molecule has 0 aliphatic carbocycles. The summed E-state index contributed by atoms with van der Waals surface area (Å²) in [5, 5.41) is 8.79. The fourth-order valence-electron chi connectivity index (χ4n) is 0.872. The van der Waals surface area contributed by atoms with Crippen LogP contribution in [0.3, 0.4) is 0 Å². The van der Waals surface area contributed by atoms with Gasteiger partial charge in [-0.1, -0.05) is 27.5 Å². The van der Waals surface area contributed by atoms with Crippen LogP contribution in [-0.2, 0) is 4.79 Å². The first-order valence-corrected chi connectivity index (χ1v) is 5.12. The molecule has 1 aromatic rings. The second-order valence-electron chi connectivity index (χ2n) is 2.67. The van der Waals surface area contributed by atoms with Gasteiger partial charge in [0.05, 0.1) is 5.02 Å². The third kappa shape index (κ3) is 3.35. The summed E-state index contributed by atoms with van der Waals surface area (Å²) in [7, 11) is 0. The minimum atomic E-state index is -1.52. The lowest BCUT2D eigenvalue weighted by Crippen LogP contribution is -2.29. The first kappa shape index (κ1) is 12.3. The number of rotatable bonds is 4. The summed E-state index contributed by atoms with van der Waals surface area (Å²) in [6.07, 6.45) is -1.52. The highest BCUT2D eigenvalue weighted by molar-refractivity contribution is 9.10. The molecule has 1 aromatic carbocycles. The van der Waals surface area contributed by atoms with Crippen molar-refractivity contribution >= 4 is 33.5 Å². The van der Waals surface area contributed by atoms with Gasteiger partial charge in [-0.15, -0.1) is 0 Å². The number of carbonyl (C=O) groups is 1. The summed E-state index contributed by atoms with van der Waals surface area (Å²) >= 11 is 8.94. The fourth-order valence-corrected chi connectivity index (χ4v) is 1.59. The highest BCUT2D eigenvalue weighted by Crippen LogP contribution is 2.28. The second kappa shape index (κ2) is 5.32. The van der Waals surface area contributed by atoms with E-state index in [9.17, 15) is 9.18 Å². The van der Waals surface area contributed by atoms with Crippen molar-refractivity contribution in [1.82, 2.24) is 0 Å². The van der Waals surface area contributed by atoms with Gasteiger partial charge in [0.2, 0.25) is 6.10 Å². The molecule has 0 amide bonds. The maximum atomic E-state index is 12.2. The number of hydrogen-bond acceptors (Lipinski definition) is 2. The van der Waals surface area contributed by atoms with Crippen LogP contribution >= 0.6 is 27.5 Å². The van der Waals surface area contributed by atoms with Crippen molar-refractivity contribution in [3.63, 3.8) is 0 Å². The first-order chi connectivity index (χ1) is 7.04. The number of hydrogen-bond donors (Lipinski definition) is 1. The predicted octanol–water partition coefficient (Wildman–Crippen LogP) is 2.90. The molecule has 0 bridgehead atoms. The molecule has 1 N–H and O–H groups in total. The molecule has 1 atom stereocenters. The third-order valence-electron chi connectivity index (χ3n) is 1.58. The van der Waals surface area contributed by atoms with E-state index in [1.165, 1.54) is 12.1 Å². The summed E-state index contributed by atoms with van der Waals surface area (Å²) < 4.78 is 17.9. The Balaban J connectivity index is 2.84. The quantitative estimate of drug-likeness (QED) is 0.929. The van der Waals surface area contributed by atoms with Gasteiger partial charge in [-0.3, -0.25) is 0 Å². The van der Waals surface area contributed by atoms with E-state index in [2.05, 4.69) is 15.9 Å². The molecule has 0 radical (unpaired) electrons. The van der Waals surface area contributed by atoms with Crippen molar-refractivity contribution < 1.29 is 19.0 Å². The smallest absolute Gasteiger partial charge is 0.347 e. The Hall–Kier alpha value is -0.810. The van der Waals surface area contributed by atoms with Crippen molar-refractivity contribution in [2.24, 2.45) is 0 Å². The van der Waals surface area contributed by atoms with Crippen molar-refractivity contribution in [3.05, 3.63) is 27.7 Å². The second-order valence-corrected chi connectivity index (χ2v) is 4.00. The monoisotopic (exact) mass is 296 g/mol. The largest absolute Gasteiger partial charge is 0.478 e. The van der Waals surface area contributed by atoms with Gasteiger partial charge in [-0.05, 0) is 18.2 Å². The zero-order valence-electron chi connectivity index (χ0n) is 7.41. The molecule has 0 saturated heterocycles. The van der Waals surface area contributed by atoms with Gasteiger partial charge in [-0.2, -0.15) is 0 Å². The molecular weight excluding hydrogens is 290 g/mol. The average Bonchev–Trinajstić information content (AvgIpc) is 2.16. The summed E-state index contributed by atoms with van der Waals surface area (Å²) in [6, 6.07) is 4.63. The third-order valence-corrected chi connectivity index (χ3v) is 2.37. The number of ether oxygens (including phenoxy) is 1. The SMILES string of the molecule is O=C(O)C(CF)Oc1ccc(Br)cc1Cl. The van der Waals surface area contributed by atoms with Crippen molar-refractivity contribution in [2.75, 3.05) is 6.67 Å². The van der Waals surface area contributed by atoms with Crippen LogP contribution in [0.2, 0.25) is 5.02 Å². The molecule has 1 unspecified atom stereocenters. The number of halogens is 3. The van der Waals surface area contributed by atoms with Crippen molar-refractivity contribution in [2.45, 2.75) is 6.10 Å². The summed E-state index contributed by atoms with van der Waals surface area (Å²) in [4.78, 5) is 10.5. The molecule has 0 aliphatic heterocycles. The first-order valence-electron chi connectivity index (χ1n) is 3.95. The van der Waals surface area contributed by atoms with Gasteiger partial charge in [-0.25, -0.2) is 9.18 Å². The van der Waals surface area contributed by atoms with Gasteiger partial charge in [0.15, 0.2) is 0 Å². The molecule has 82 valence electrons. The topological polar surface area (TPSA) is 46.5 Å². The van der Waals surface area contributed by atoms with E-state index in [4.69, 9.17) is 21.4 Å². The van der Waals surface area contributed by atoms with Crippen LogP contribution in [0.25, 0.3) is 0 Å². The number of alkyl halides is 1. The zero-order chi connectivity index (χ0) is 11.4. The summed E-state index contributed by atoms with van der Waals surface area (Å²) in [6.45, 7) is -1.11. The maximum absolute atomic E-state index is 12.2. The van der Waals surface area contributed by atoms with Gasteiger partial charge in [0.1, 0.15) is 12.4 Å². The number of benzene rings is 1. The van der Waals surface area contributed by atoms with E-state index in [-0.39, 0.29) is 10.8 Å². The lowest BCUT2D eigenvalue weighted by Gasteiger charge is -2.12. The molecule has 0 spiro atoms. The standard InChI is InChI=1S/C9H7BrClFO3/c10-5-1-2-7(6(11)3-5)15-8(4-12)9(13)14/h1-3,8H,4H2,(H,13,14). The molecule has 0 aromatic heterocycles. The van der Waals surface area contributed by atoms with E-state index in [1.54, 1.807) is 6.07 Å². The van der Waals surface area contributed by atoms with Crippen LogP contribution in [0.4, 0.5) is 4.39 Å². The molecule has 0 aliphatic rings. The molecule has 1 rings (SSSR count). The lowest BCUT2D eigenvalue weighted by atomic mass is 10.3. The average molecular weight is 298 g/mol. The van der Waals surface area contributed by atoms with E-state index in [0.717, 1.165) is 4.47 Å². The molecule has 3 nitrogen and oxygen atoms in total. The van der Waals surface area contributed by atoms with Gasteiger partial charge >= 0.3 is 5.97 Å². The highest BCUT2D eigenvalue weighted by Gasteiger charge is 2.20. The Bertz CT molecular complexity index is 372. The van der Waals surface area contributed by atoms with Crippen LogP contribution in [0.15, 0.2) is 22.7 Å². The zero-order valence-corrected chi connectivity index (χ0v) is 9.76. The predicted molar refractivity (Wildman–Crippen MR) is 57.2 cm³/mol. The van der Waals surface area contributed by atoms with Crippen LogP contribution in [0.5, 0.6) is 5.75 Å². The Morgan fingerprint density at radius 2 is 2.33 bits per heavy atom. The highest BCUT2D eigenvalue weighted by atomic mass is 79.9. The fraction of sp³-hybridized carbons (Fsp3) is 0.222. The Morgan fingerprint density at radius 3 is 2.80 bits per heavy atom. The van der Waals surface area contributed by atoms with Gasteiger partial charge in [0, 0.05) is 4.47 Å². The van der Waals surface area contributed by atoms with Crippen LogP contribution in [-0.4, -0.2) is 23.9 Å². The van der Waals surface area contributed by atoms with Gasteiger partial charge < -0.3 is 9.84 Å². The summed E-state index contributed by atoms with van der Waals surface area (Å²) in [5.74, 6) is -1.22.